The molecule has 3 nitrogen and oxygen atoms in total. The van der Waals surface area contributed by atoms with Crippen molar-refractivity contribution in [3.63, 3.8) is 0 Å². The van der Waals surface area contributed by atoms with Crippen molar-refractivity contribution in [2.24, 2.45) is 11.5 Å². The van der Waals surface area contributed by atoms with Gasteiger partial charge in [0.05, 0.1) is 6.61 Å². The zero-order valence-electron chi connectivity index (χ0n) is 8.98. The highest BCUT2D eigenvalue weighted by atomic mass is 35.5. The van der Waals surface area contributed by atoms with Gasteiger partial charge < -0.3 is 16.2 Å². The highest BCUT2D eigenvalue weighted by molar-refractivity contribution is 5.85. The van der Waals surface area contributed by atoms with Crippen LogP contribution in [0.15, 0.2) is 24.3 Å². The number of hydrogen-bond donors (Lipinski definition) is 2. The molecule has 1 aromatic rings. The zero-order chi connectivity index (χ0) is 10.4. The van der Waals surface area contributed by atoms with Gasteiger partial charge in [-0.3, -0.25) is 0 Å². The Morgan fingerprint density at radius 3 is 2.73 bits per heavy atom. The number of ether oxygens (including phenoxy) is 1. The Morgan fingerprint density at radius 2 is 2.13 bits per heavy atom. The minimum atomic E-state index is -0.0971. The van der Waals surface area contributed by atoms with Crippen LogP contribution in [0.4, 0.5) is 0 Å². The topological polar surface area (TPSA) is 61.3 Å². The van der Waals surface area contributed by atoms with E-state index in [4.69, 9.17) is 16.2 Å². The van der Waals surface area contributed by atoms with Gasteiger partial charge in [0.15, 0.2) is 0 Å². The molecule has 0 aliphatic carbocycles. The molecule has 0 saturated heterocycles. The Bertz CT molecular complexity index is 281. The van der Waals surface area contributed by atoms with Crippen LogP contribution >= 0.6 is 12.4 Å². The maximum atomic E-state index is 5.81. The molecule has 0 aromatic heterocycles. The van der Waals surface area contributed by atoms with Gasteiger partial charge in [0, 0.05) is 12.6 Å². The van der Waals surface area contributed by atoms with Crippen LogP contribution in [0.2, 0.25) is 0 Å². The van der Waals surface area contributed by atoms with E-state index in [9.17, 15) is 0 Å². The highest BCUT2D eigenvalue weighted by Crippen LogP contribution is 2.17. The summed E-state index contributed by atoms with van der Waals surface area (Å²) >= 11 is 0. The Morgan fingerprint density at radius 1 is 1.40 bits per heavy atom. The Kier molecular flexibility index (Phi) is 7.13. The first-order chi connectivity index (χ1) is 6.77. The fraction of sp³-hybridized carbons (Fsp3) is 0.455. The third kappa shape index (κ3) is 4.51. The molecule has 1 atom stereocenters. The summed E-state index contributed by atoms with van der Waals surface area (Å²) < 4.78 is 5.49. The first kappa shape index (κ1) is 14.2. The molecule has 0 aliphatic rings. The smallest absolute Gasteiger partial charge is 0.119 e. The van der Waals surface area contributed by atoms with Crippen LogP contribution in [0, 0.1) is 0 Å². The van der Waals surface area contributed by atoms with E-state index in [1.165, 1.54) is 0 Å². The molecule has 0 spiro atoms. The molecular formula is C11H19ClN2O. The van der Waals surface area contributed by atoms with Crippen LogP contribution in [-0.4, -0.2) is 13.2 Å². The molecule has 1 aromatic carbocycles. The molecule has 0 amide bonds. The fourth-order valence-electron chi connectivity index (χ4n) is 1.19. The van der Waals surface area contributed by atoms with Crippen molar-refractivity contribution >= 4 is 12.4 Å². The van der Waals surface area contributed by atoms with E-state index in [-0.39, 0.29) is 18.4 Å². The van der Waals surface area contributed by atoms with Crippen LogP contribution in [0.1, 0.15) is 24.9 Å². The second-order valence-corrected chi connectivity index (χ2v) is 3.26. The molecule has 0 saturated carbocycles. The maximum absolute atomic E-state index is 5.81. The fourth-order valence-corrected chi connectivity index (χ4v) is 1.19. The second-order valence-electron chi connectivity index (χ2n) is 3.26. The van der Waals surface area contributed by atoms with E-state index in [1.807, 2.05) is 24.3 Å². The summed E-state index contributed by atoms with van der Waals surface area (Å²) in [6.45, 7) is 3.27. The molecule has 0 unspecified atom stereocenters. The van der Waals surface area contributed by atoms with E-state index in [1.54, 1.807) is 0 Å². The lowest BCUT2D eigenvalue weighted by molar-refractivity contribution is 0.317. The SMILES string of the molecule is CCCOc1cccc([C@@H](N)CN)c1.Cl. The summed E-state index contributed by atoms with van der Waals surface area (Å²) in [7, 11) is 0. The van der Waals surface area contributed by atoms with Gasteiger partial charge >= 0.3 is 0 Å². The van der Waals surface area contributed by atoms with Crippen LogP contribution < -0.4 is 16.2 Å². The monoisotopic (exact) mass is 230 g/mol. The van der Waals surface area contributed by atoms with Crippen molar-refractivity contribution in [3.8, 4) is 5.75 Å². The third-order valence-corrected chi connectivity index (χ3v) is 2.01. The van der Waals surface area contributed by atoms with Gasteiger partial charge in [0.2, 0.25) is 0 Å². The average Bonchev–Trinajstić information content (AvgIpc) is 2.25. The van der Waals surface area contributed by atoms with Gasteiger partial charge in [-0.2, -0.15) is 0 Å². The van der Waals surface area contributed by atoms with Crippen LogP contribution in [0.3, 0.4) is 0 Å². The van der Waals surface area contributed by atoms with Crippen molar-refractivity contribution in [1.29, 1.82) is 0 Å². The lowest BCUT2D eigenvalue weighted by Crippen LogP contribution is -2.20. The molecule has 15 heavy (non-hydrogen) atoms. The van der Waals surface area contributed by atoms with E-state index >= 15 is 0 Å². The van der Waals surface area contributed by atoms with Crippen molar-refractivity contribution in [3.05, 3.63) is 29.8 Å². The number of nitrogens with two attached hydrogens (primary N) is 2. The summed E-state index contributed by atoms with van der Waals surface area (Å²) in [5.74, 6) is 0.869. The van der Waals surface area contributed by atoms with E-state index in [0.717, 1.165) is 24.3 Å². The quantitative estimate of drug-likeness (QED) is 0.812. The molecule has 86 valence electrons. The van der Waals surface area contributed by atoms with Crippen molar-refractivity contribution in [2.75, 3.05) is 13.2 Å². The van der Waals surface area contributed by atoms with Crippen molar-refractivity contribution < 1.29 is 4.74 Å². The van der Waals surface area contributed by atoms with Gasteiger partial charge in [-0.25, -0.2) is 0 Å². The standard InChI is InChI=1S/C11H18N2O.ClH/c1-2-6-14-10-5-3-4-9(7-10)11(13)8-12;/h3-5,7,11H,2,6,8,12-13H2,1H3;1H/t11-;/m0./s1. The highest BCUT2D eigenvalue weighted by Gasteiger charge is 2.03. The normalized spacial score (nSPS) is 11.7. The Hall–Kier alpha value is -0.770. The minimum Gasteiger partial charge on any atom is -0.494 e. The van der Waals surface area contributed by atoms with Crippen LogP contribution in [0.5, 0.6) is 5.75 Å². The summed E-state index contributed by atoms with van der Waals surface area (Å²) in [6.07, 6.45) is 1.01. The number of halogens is 1. The summed E-state index contributed by atoms with van der Waals surface area (Å²) in [5, 5.41) is 0. The average molecular weight is 231 g/mol. The largest absolute Gasteiger partial charge is 0.494 e. The predicted molar refractivity (Wildman–Crippen MR) is 65.5 cm³/mol. The van der Waals surface area contributed by atoms with Crippen LogP contribution in [-0.2, 0) is 0 Å². The summed E-state index contributed by atoms with van der Waals surface area (Å²) in [4.78, 5) is 0. The second kappa shape index (κ2) is 7.51. The number of rotatable bonds is 5. The van der Waals surface area contributed by atoms with Crippen molar-refractivity contribution in [2.45, 2.75) is 19.4 Å². The van der Waals surface area contributed by atoms with Crippen molar-refractivity contribution in [1.82, 2.24) is 0 Å². The number of benzene rings is 1. The van der Waals surface area contributed by atoms with Gasteiger partial charge in [0.1, 0.15) is 5.75 Å². The molecule has 4 N–H and O–H groups in total. The molecule has 0 radical (unpaired) electrons. The number of hydrogen-bond acceptors (Lipinski definition) is 3. The van der Waals surface area contributed by atoms with Crippen LogP contribution in [0.25, 0.3) is 0 Å². The van der Waals surface area contributed by atoms with Gasteiger partial charge in [-0.15, -0.1) is 12.4 Å². The van der Waals surface area contributed by atoms with E-state index in [2.05, 4.69) is 6.92 Å². The Labute approximate surface area is 97.2 Å². The van der Waals surface area contributed by atoms with Gasteiger partial charge in [0.25, 0.3) is 0 Å². The lowest BCUT2D eigenvalue weighted by Gasteiger charge is -2.11. The Balaban J connectivity index is 0.00000196. The molecular weight excluding hydrogens is 212 g/mol. The summed E-state index contributed by atoms with van der Waals surface area (Å²) in [5.41, 5.74) is 12.3. The molecule has 0 fully saturated rings. The maximum Gasteiger partial charge on any atom is 0.119 e. The third-order valence-electron chi connectivity index (χ3n) is 2.01. The van der Waals surface area contributed by atoms with Gasteiger partial charge in [-0.05, 0) is 24.1 Å². The first-order valence-corrected chi connectivity index (χ1v) is 4.96. The van der Waals surface area contributed by atoms with E-state index in [0.29, 0.717) is 6.54 Å². The lowest BCUT2D eigenvalue weighted by atomic mass is 10.1. The predicted octanol–water partition coefficient (Wildman–Crippen LogP) is 1.86. The molecule has 0 bridgehead atoms. The first-order valence-electron chi connectivity index (χ1n) is 4.96. The van der Waals surface area contributed by atoms with Gasteiger partial charge in [-0.1, -0.05) is 19.1 Å². The summed E-state index contributed by atoms with van der Waals surface area (Å²) in [6, 6.07) is 7.70. The zero-order valence-corrected chi connectivity index (χ0v) is 9.80. The molecule has 0 aliphatic heterocycles. The minimum absolute atomic E-state index is 0. The molecule has 4 heteroatoms. The molecule has 0 heterocycles. The van der Waals surface area contributed by atoms with E-state index < -0.39 is 0 Å². The molecule has 1 rings (SSSR count).